The van der Waals surface area contributed by atoms with Gasteiger partial charge in [0.15, 0.2) is 5.96 Å². The number of alkyl halides is 3. The van der Waals surface area contributed by atoms with Gasteiger partial charge in [-0.2, -0.15) is 13.2 Å². The molecule has 0 radical (unpaired) electrons. The van der Waals surface area contributed by atoms with Crippen molar-refractivity contribution in [2.24, 2.45) is 10.9 Å². The van der Waals surface area contributed by atoms with Gasteiger partial charge in [-0.1, -0.05) is 13.8 Å². The standard InChI is InChI=1S/C18H31F3N6O/c1-5-22-16(23-9-7-14(13(3)4)28-6-2)25-11-12-26-17-24-10-8-15(27-17)18(19,20)21/h8,10,13-14H,5-7,9,11-12H2,1-4H3,(H2,22,23,25)(H,24,26,27). The van der Waals surface area contributed by atoms with E-state index >= 15 is 0 Å². The van der Waals surface area contributed by atoms with Crippen LogP contribution in [-0.2, 0) is 10.9 Å². The van der Waals surface area contributed by atoms with E-state index < -0.39 is 11.9 Å². The van der Waals surface area contributed by atoms with Gasteiger partial charge in [-0.3, -0.25) is 4.99 Å². The zero-order valence-electron chi connectivity index (χ0n) is 16.9. The van der Waals surface area contributed by atoms with Gasteiger partial charge in [0.25, 0.3) is 0 Å². The number of hydrogen-bond donors (Lipinski definition) is 3. The first-order valence-corrected chi connectivity index (χ1v) is 9.55. The molecule has 3 N–H and O–H groups in total. The predicted octanol–water partition coefficient (Wildman–Crippen LogP) is 2.91. The molecule has 0 aliphatic heterocycles. The van der Waals surface area contributed by atoms with E-state index in [1.165, 1.54) is 0 Å². The van der Waals surface area contributed by atoms with Crippen molar-refractivity contribution >= 4 is 11.9 Å². The minimum atomic E-state index is -4.49. The lowest BCUT2D eigenvalue weighted by Gasteiger charge is -2.20. The summed E-state index contributed by atoms with van der Waals surface area (Å²) in [5.41, 5.74) is -0.970. The average Bonchev–Trinajstić information content (AvgIpc) is 2.63. The van der Waals surface area contributed by atoms with E-state index in [0.29, 0.717) is 44.7 Å². The lowest BCUT2D eigenvalue weighted by molar-refractivity contribution is -0.141. The van der Waals surface area contributed by atoms with Crippen LogP contribution in [0.2, 0.25) is 0 Å². The number of nitrogens with zero attached hydrogens (tertiary/aromatic N) is 3. The monoisotopic (exact) mass is 404 g/mol. The van der Waals surface area contributed by atoms with Gasteiger partial charge in [0, 0.05) is 39.0 Å². The Kier molecular flexibility index (Phi) is 10.6. The third-order valence-electron chi connectivity index (χ3n) is 3.80. The van der Waals surface area contributed by atoms with Crippen LogP contribution >= 0.6 is 0 Å². The van der Waals surface area contributed by atoms with E-state index in [1.807, 2.05) is 13.8 Å². The molecular weight excluding hydrogens is 373 g/mol. The molecule has 1 atom stereocenters. The Morgan fingerprint density at radius 3 is 2.57 bits per heavy atom. The molecule has 0 saturated heterocycles. The van der Waals surface area contributed by atoms with Gasteiger partial charge >= 0.3 is 6.18 Å². The molecule has 0 spiro atoms. The van der Waals surface area contributed by atoms with Crippen LogP contribution in [0.5, 0.6) is 0 Å². The second-order valence-electron chi connectivity index (χ2n) is 6.40. The molecule has 28 heavy (non-hydrogen) atoms. The number of nitrogens with one attached hydrogen (secondary N) is 3. The summed E-state index contributed by atoms with van der Waals surface area (Å²) in [5, 5.41) is 9.04. The highest BCUT2D eigenvalue weighted by molar-refractivity contribution is 5.79. The first-order valence-electron chi connectivity index (χ1n) is 9.55. The molecule has 1 unspecified atom stereocenters. The van der Waals surface area contributed by atoms with Crippen molar-refractivity contribution in [1.29, 1.82) is 0 Å². The zero-order valence-corrected chi connectivity index (χ0v) is 16.9. The second-order valence-corrected chi connectivity index (χ2v) is 6.40. The molecule has 0 saturated carbocycles. The highest BCUT2D eigenvalue weighted by Gasteiger charge is 2.32. The van der Waals surface area contributed by atoms with E-state index in [9.17, 15) is 13.2 Å². The quantitative estimate of drug-likeness (QED) is 0.299. The number of anilines is 1. The third-order valence-corrected chi connectivity index (χ3v) is 3.80. The normalized spacial score (nSPS) is 13.5. The van der Waals surface area contributed by atoms with Gasteiger partial charge in [-0.15, -0.1) is 0 Å². The van der Waals surface area contributed by atoms with Gasteiger partial charge in [0.1, 0.15) is 5.69 Å². The van der Waals surface area contributed by atoms with Gasteiger partial charge < -0.3 is 20.7 Å². The average molecular weight is 404 g/mol. The SMILES string of the molecule is CCNC(=NCCC(OCC)C(C)C)NCCNc1nccc(C(F)(F)F)n1. The molecule has 0 aliphatic rings. The lowest BCUT2D eigenvalue weighted by Crippen LogP contribution is -2.40. The highest BCUT2D eigenvalue weighted by atomic mass is 19.4. The summed E-state index contributed by atoms with van der Waals surface area (Å²) in [5.74, 6) is 1.01. The number of halogens is 3. The van der Waals surface area contributed by atoms with Crippen molar-refractivity contribution in [1.82, 2.24) is 20.6 Å². The van der Waals surface area contributed by atoms with Crippen LogP contribution < -0.4 is 16.0 Å². The number of rotatable bonds is 11. The van der Waals surface area contributed by atoms with Crippen LogP contribution in [0, 0.1) is 5.92 Å². The van der Waals surface area contributed by atoms with Crippen molar-refractivity contribution < 1.29 is 17.9 Å². The number of hydrogen-bond acceptors (Lipinski definition) is 5. The molecule has 0 fully saturated rings. The van der Waals surface area contributed by atoms with Gasteiger partial charge in [-0.25, -0.2) is 9.97 Å². The molecule has 10 heteroatoms. The Bertz CT molecular complexity index is 595. The smallest absolute Gasteiger partial charge is 0.378 e. The van der Waals surface area contributed by atoms with E-state index in [0.717, 1.165) is 18.7 Å². The molecule has 1 aromatic rings. The van der Waals surface area contributed by atoms with E-state index in [-0.39, 0.29) is 12.1 Å². The summed E-state index contributed by atoms with van der Waals surface area (Å²) in [4.78, 5) is 11.8. The van der Waals surface area contributed by atoms with Crippen LogP contribution in [0.3, 0.4) is 0 Å². The second kappa shape index (κ2) is 12.4. The summed E-state index contributed by atoms with van der Waals surface area (Å²) in [6, 6.07) is 0.839. The summed E-state index contributed by atoms with van der Waals surface area (Å²) in [6.07, 6.45) is -2.42. The van der Waals surface area contributed by atoms with E-state index in [2.05, 4.69) is 44.8 Å². The minimum Gasteiger partial charge on any atom is -0.378 e. The van der Waals surface area contributed by atoms with Crippen LogP contribution in [-0.4, -0.2) is 54.8 Å². The van der Waals surface area contributed by atoms with Crippen LogP contribution in [0.25, 0.3) is 0 Å². The molecule has 1 rings (SSSR count). The Morgan fingerprint density at radius 1 is 1.21 bits per heavy atom. The van der Waals surface area contributed by atoms with E-state index in [1.54, 1.807) is 0 Å². The van der Waals surface area contributed by atoms with Crippen molar-refractivity contribution in [3.05, 3.63) is 18.0 Å². The first-order chi connectivity index (χ1) is 13.3. The molecule has 0 amide bonds. The molecule has 160 valence electrons. The van der Waals surface area contributed by atoms with Crippen LogP contribution in [0.15, 0.2) is 17.3 Å². The third kappa shape index (κ3) is 9.20. The Hall–Kier alpha value is -2.10. The maximum Gasteiger partial charge on any atom is 0.433 e. The largest absolute Gasteiger partial charge is 0.433 e. The summed E-state index contributed by atoms with van der Waals surface area (Å²) in [7, 11) is 0. The fourth-order valence-corrected chi connectivity index (χ4v) is 2.43. The fourth-order valence-electron chi connectivity index (χ4n) is 2.43. The molecule has 7 nitrogen and oxygen atoms in total. The molecule has 1 heterocycles. The highest BCUT2D eigenvalue weighted by Crippen LogP contribution is 2.27. The molecular formula is C18H31F3N6O. The maximum absolute atomic E-state index is 12.7. The number of ether oxygens (including phenoxy) is 1. The van der Waals surface area contributed by atoms with Crippen molar-refractivity contribution in [3.8, 4) is 0 Å². The summed E-state index contributed by atoms with van der Waals surface area (Å²) >= 11 is 0. The van der Waals surface area contributed by atoms with Crippen molar-refractivity contribution in [2.75, 3.05) is 38.1 Å². The predicted molar refractivity (Wildman–Crippen MR) is 104 cm³/mol. The molecule has 1 aromatic heterocycles. The van der Waals surface area contributed by atoms with Gasteiger partial charge in [0.2, 0.25) is 5.95 Å². The molecule has 0 aliphatic carbocycles. The topological polar surface area (TPSA) is 83.5 Å². The van der Waals surface area contributed by atoms with Crippen molar-refractivity contribution in [3.63, 3.8) is 0 Å². The minimum absolute atomic E-state index is 0.0601. The number of aliphatic imine (C=N–C) groups is 1. The maximum atomic E-state index is 12.7. The van der Waals surface area contributed by atoms with E-state index in [4.69, 9.17) is 4.74 Å². The number of aromatic nitrogens is 2. The summed E-state index contributed by atoms with van der Waals surface area (Å²) in [6.45, 7) is 11.0. The molecule has 0 bridgehead atoms. The first kappa shape index (κ1) is 23.9. The van der Waals surface area contributed by atoms with Crippen LogP contribution in [0.1, 0.15) is 39.8 Å². The molecule has 0 aromatic carbocycles. The summed E-state index contributed by atoms with van der Waals surface area (Å²) < 4.78 is 43.7. The van der Waals surface area contributed by atoms with Crippen LogP contribution in [0.4, 0.5) is 19.1 Å². The van der Waals surface area contributed by atoms with Gasteiger partial charge in [-0.05, 0) is 32.3 Å². The van der Waals surface area contributed by atoms with Gasteiger partial charge in [0.05, 0.1) is 6.10 Å². The Balaban J connectivity index is 2.46. The number of guanidine groups is 1. The van der Waals surface area contributed by atoms with Crippen molar-refractivity contribution in [2.45, 2.75) is 46.4 Å². The Morgan fingerprint density at radius 2 is 1.96 bits per heavy atom. The lowest BCUT2D eigenvalue weighted by atomic mass is 10.0. The zero-order chi connectivity index (χ0) is 21.0. The Labute approximate surface area is 164 Å². The fraction of sp³-hybridized carbons (Fsp3) is 0.722.